The van der Waals surface area contributed by atoms with E-state index in [1.807, 2.05) is 20.8 Å². The zero-order valence-electron chi connectivity index (χ0n) is 10.9. The summed E-state index contributed by atoms with van der Waals surface area (Å²) in [7, 11) is 0. The van der Waals surface area contributed by atoms with Crippen LogP contribution in [-0.4, -0.2) is 33.1 Å². The van der Waals surface area contributed by atoms with Crippen molar-refractivity contribution in [3.63, 3.8) is 0 Å². The number of nitrogens with one attached hydrogen (secondary N) is 2. The van der Waals surface area contributed by atoms with E-state index in [4.69, 9.17) is 5.11 Å². The Morgan fingerprint density at radius 3 is 2.42 bits per heavy atom. The van der Waals surface area contributed by atoms with Crippen LogP contribution in [0, 0.1) is 0 Å². The second-order valence-electron chi connectivity index (χ2n) is 4.95. The summed E-state index contributed by atoms with van der Waals surface area (Å²) < 4.78 is 0. The van der Waals surface area contributed by atoms with Crippen LogP contribution in [0.4, 0.5) is 4.79 Å². The molecule has 0 bridgehead atoms. The second kappa shape index (κ2) is 5.47. The Hall–Kier alpha value is -2.44. The monoisotopic (exact) mass is 267 g/mol. The SMILES string of the molecule is CC(C)(C)NC(=O)NN=Cc1ccc(O)c(O)c1O. The number of hydrogen-bond acceptors (Lipinski definition) is 5. The van der Waals surface area contributed by atoms with E-state index in [2.05, 4.69) is 15.8 Å². The molecule has 0 atom stereocenters. The van der Waals surface area contributed by atoms with Crippen LogP contribution in [-0.2, 0) is 0 Å². The summed E-state index contributed by atoms with van der Waals surface area (Å²) in [5, 5.41) is 34.2. The lowest BCUT2D eigenvalue weighted by molar-refractivity contribution is 0.232. The summed E-state index contributed by atoms with van der Waals surface area (Å²) in [6.07, 6.45) is 1.15. The number of phenolic OH excluding ortho intramolecular Hbond substituents is 3. The molecule has 5 N–H and O–H groups in total. The quantitative estimate of drug-likeness (QED) is 0.315. The molecule has 1 aromatic rings. The summed E-state index contributed by atoms with van der Waals surface area (Å²) in [6, 6.07) is 2.05. The van der Waals surface area contributed by atoms with Crippen LogP contribution in [0.5, 0.6) is 17.2 Å². The molecule has 0 fully saturated rings. The van der Waals surface area contributed by atoms with Crippen molar-refractivity contribution in [1.29, 1.82) is 0 Å². The lowest BCUT2D eigenvalue weighted by Crippen LogP contribution is -2.44. The number of aromatic hydroxyl groups is 3. The predicted molar refractivity (Wildman–Crippen MR) is 70.5 cm³/mol. The van der Waals surface area contributed by atoms with Crippen molar-refractivity contribution in [2.75, 3.05) is 0 Å². The molecule has 7 nitrogen and oxygen atoms in total. The third-order valence-electron chi connectivity index (χ3n) is 2.02. The van der Waals surface area contributed by atoms with Gasteiger partial charge < -0.3 is 20.6 Å². The highest BCUT2D eigenvalue weighted by atomic mass is 16.3. The third-order valence-corrected chi connectivity index (χ3v) is 2.02. The number of nitrogens with zero attached hydrogens (tertiary/aromatic N) is 1. The fourth-order valence-electron chi connectivity index (χ4n) is 1.22. The van der Waals surface area contributed by atoms with Crippen LogP contribution >= 0.6 is 0 Å². The number of hydrazone groups is 1. The highest BCUT2D eigenvalue weighted by molar-refractivity contribution is 5.86. The lowest BCUT2D eigenvalue weighted by Gasteiger charge is -2.19. The van der Waals surface area contributed by atoms with Gasteiger partial charge in [-0.05, 0) is 32.9 Å². The molecule has 0 aliphatic heterocycles. The topological polar surface area (TPSA) is 114 Å². The van der Waals surface area contributed by atoms with Gasteiger partial charge in [0.15, 0.2) is 11.5 Å². The van der Waals surface area contributed by atoms with Gasteiger partial charge >= 0.3 is 6.03 Å². The molecule has 2 amide bonds. The van der Waals surface area contributed by atoms with Gasteiger partial charge in [-0.25, -0.2) is 10.2 Å². The minimum Gasteiger partial charge on any atom is -0.504 e. The smallest absolute Gasteiger partial charge is 0.335 e. The Morgan fingerprint density at radius 2 is 1.84 bits per heavy atom. The second-order valence-corrected chi connectivity index (χ2v) is 4.95. The Morgan fingerprint density at radius 1 is 1.21 bits per heavy atom. The van der Waals surface area contributed by atoms with Crippen molar-refractivity contribution in [3.8, 4) is 17.2 Å². The maximum atomic E-state index is 11.4. The first-order valence-electron chi connectivity index (χ1n) is 5.56. The van der Waals surface area contributed by atoms with Crippen LogP contribution in [0.25, 0.3) is 0 Å². The summed E-state index contributed by atoms with van der Waals surface area (Å²) >= 11 is 0. The molecule has 19 heavy (non-hydrogen) atoms. The highest BCUT2D eigenvalue weighted by Gasteiger charge is 2.13. The van der Waals surface area contributed by atoms with Crippen molar-refractivity contribution in [3.05, 3.63) is 17.7 Å². The molecule has 0 aliphatic carbocycles. The fourth-order valence-corrected chi connectivity index (χ4v) is 1.22. The first-order valence-corrected chi connectivity index (χ1v) is 5.56. The Bertz CT molecular complexity index is 506. The van der Waals surface area contributed by atoms with Crippen LogP contribution in [0.2, 0.25) is 0 Å². The molecule has 7 heteroatoms. The van der Waals surface area contributed by atoms with Crippen molar-refractivity contribution in [2.24, 2.45) is 5.10 Å². The van der Waals surface area contributed by atoms with E-state index in [9.17, 15) is 15.0 Å². The molecule has 0 radical (unpaired) electrons. The molecular weight excluding hydrogens is 250 g/mol. The summed E-state index contributed by atoms with van der Waals surface area (Å²) in [6.45, 7) is 5.46. The van der Waals surface area contributed by atoms with Gasteiger partial charge in [-0.1, -0.05) is 0 Å². The van der Waals surface area contributed by atoms with E-state index in [0.717, 1.165) is 6.21 Å². The molecule has 1 aromatic carbocycles. The standard InChI is InChI=1S/C12H17N3O4/c1-12(2,3)14-11(19)15-13-6-7-4-5-8(16)10(18)9(7)17/h4-6,16-18H,1-3H3,(H2,14,15,19). The number of amides is 2. The first-order chi connectivity index (χ1) is 8.70. The van der Waals surface area contributed by atoms with Gasteiger partial charge in [-0.15, -0.1) is 0 Å². The fraction of sp³-hybridized carbons (Fsp3) is 0.333. The van der Waals surface area contributed by atoms with Gasteiger partial charge in [0.05, 0.1) is 6.21 Å². The van der Waals surface area contributed by atoms with Crippen molar-refractivity contribution >= 4 is 12.2 Å². The molecule has 0 spiro atoms. The Balaban J connectivity index is 2.68. The summed E-state index contributed by atoms with van der Waals surface area (Å²) in [5.74, 6) is -1.59. The van der Waals surface area contributed by atoms with Crippen LogP contribution in [0.15, 0.2) is 17.2 Å². The predicted octanol–water partition coefficient (Wildman–Crippen LogP) is 1.23. The molecular formula is C12H17N3O4. The number of phenols is 3. The molecule has 104 valence electrons. The van der Waals surface area contributed by atoms with E-state index < -0.39 is 28.8 Å². The van der Waals surface area contributed by atoms with E-state index in [-0.39, 0.29) is 5.56 Å². The average Bonchev–Trinajstić information content (AvgIpc) is 2.27. The number of carbonyl (C=O) groups is 1. The molecule has 0 saturated carbocycles. The van der Waals surface area contributed by atoms with Crippen molar-refractivity contribution in [1.82, 2.24) is 10.7 Å². The summed E-state index contributed by atoms with van der Waals surface area (Å²) in [4.78, 5) is 11.4. The van der Waals surface area contributed by atoms with E-state index in [0.29, 0.717) is 0 Å². The Kier molecular flexibility index (Phi) is 4.21. The van der Waals surface area contributed by atoms with E-state index in [1.54, 1.807) is 0 Å². The van der Waals surface area contributed by atoms with Crippen LogP contribution < -0.4 is 10.7 Å². The maximum absolute atomic E-state index is 11.4. The number of urea groups is 1. The number of benzene rings is 1. The minimum absolute atomic E-state index is 0.159. The highest BCUT2D eigenvalue weighted by Crippen LogP contribution is 2.36. The largest absolute Gasteiger partial charge is 0.504 e. The van der Waals surface area contributed by atoms with Gasteiger partial charge in [0.1, 0.15) is 0 Å². The number of hydrogen-bond donors (Lipinski definition) is 5. The molecule has 0 heterocycles. The van der Waals surface area contributed by atoms with E-state index >= 15 is 0 Å². The van der Waals surface area contributed by atoms with Crippen LogP contribution in [0.1, 0.15) is 26.3 Å². The molecule has 0 aliphatic rings. The van der Waals surface area contributed by atoms with Gasteiger partial charge in [0.2, 0.25) is 5.75 Å². The maximum Gasteiger partial charge on any atom is 0.335 e. The van der Waals surface area contributed by atoms with Crippen LogP contribution in [0.3, 0.4) is 0 Å². The molecule has 1 rings (SSSR count). The summed E-state index contributed by atoms with van der Waals surface area (Å²) in [5.41, 5.74) is 1.98. The minimum atomic E-state index is -0.636. The molecule has 0 unspecified atom stereocenters. The van der Waals surface area contributed by atoms with Gasteiger partial charge in [-0.2, -0.15) is 5.10 Å². The lowest BCUT2D eigenvalue weighted by atomic mass is 10.1. The molecule has 0 saturated heterocycles. The average molecular weight is 267 g/mol. The van der Waals surface area contributed by atoms with Crippen molar-refractivity contribution < 1.29 is 20.1 Å². The van der Waals surface area contributed by atoms with Gasteiger partial charge in [-0.3, -0.25) is 0 Å². The normalized spacial score (nSPS) is 11.5. The zero-order chi connectivity index (χ0) is 14.6. The van der Waals surface area contributed by atoms with Gasteiger partial charge in [0, 0.05) is 11.1 Å². The number of rotatable bonds is 2. The first kappa shape index (κ1) is 14.6. The zero-order valence-corrected chi connectivity index (χ0v) is 10.9. The third kappa shape index (κ3) is 4.38. The number of carbonyl (C=O) groups excluding carboxylic acids is 1. The van der Waals surface area contributed by atoms with Gasteiger partial charge in [0.25, 0.3) is 0 Å². The Labute approximate surface area is 110 Å². The van der Waals surface area contributed by atoms with Crippen molar-refractivity contribution in [2.45, 2.75) is 26.3 Å². The van der Waals surface area contributed by atoms with E-state index in [1.165, 1.54) is 12.1 Å². The molecule has 0 aromatic heterocycles.